The molecule has 0 fully saturated rings. The maximum absolute atomic E-state index is 5.37. The molecule has 11 heavy (non-hydrogen) atoms. The average Bonchev–Trinajstić information content (AvgIpc) is 2.02. The van der Waals surface area contributed by atoms with Crippen LogP contribution in [-0.2, 0) is 16.3 Å². The molecule has 1 unspecified atom stereocenters. The molecule has 0 aliphatic heterocycles. The Hall–Kier alpha value is 0.430. The van der Waals surface area contributed by atoms with Gasteiger partial charge in [0.05, 0.1) is 12.9 Å². The molecule has 0 spiro atoms. The predicted molar refractivity (Wildman–Crippen MR) is 57.0 cm³/mol. The number of rotatable bonds is 5. The van der Waals surface area contributed by atoms with E-state index in [2.05, 4.69) is 10.1 Å². The molecule has 0 heterocycles. The highest BCUT2D eigenvalue weighted by molar-refractivity contribution is 8.68. The van der Waals surface area contributed by atoms with Crippen molar-refractivity contribution >= 4 is 35.1 Å². The van der Waals surface area contributed by atoms with Gasteiger partial charge in [-0.05, 0) is 25.0 Å². The first kappa shape index (κ1) is 11.4. The van der Waals surface area contributed by atoms with Gasteiger partial charge < -0.3 is 9.61 Å². The summed E-state index contributed by atoms with van der Waals surface area (Å²) < 4.78 is 5.37. The Morgan fingerprint density at radius 3 is 2.82 bits per heavy atom. The molecule has 6 heteroatoms. The summed E-state index contributed by atoms with van der Waals surface area (Å²) in [4.78, 5) is 3.78. The first-order valence-corrected chi connectivity index (χ1v) is 7.72. The second-order valence-corrected chi connectivity index (χ2v) is 8.36. The van der Waals surface area contributed by atoms with Gasteiger partial charge in [-0.2, -0.15) is 0 Å². The SMILES string of the molecule is CCOP(=S)(NC=NC)SC. The van der Waals surface area contributed by atoms with Crippen molar-refractivity contribution in [2.45, 2.75) is 6.92 Å². The van der Waals surface area contributed by atoms with E-state index < -0.39 is 5.62 Å². The Morgan fingerprint density at radius 1 is 1.82 bits per heavy atom. The molecule has 0 aromatic carbocycles. The lowest BCUT2D eigenvalue weighted by molar-refractivity contribution is 0.383. The van der Waals surface area contributed by atoms with E-state index in [-0.39, 0.29) is 0 Å². The van der Waals surface area contributed by atoms with E-state index in [1.54, 1.807) is 13.4 Å². The summed E-state index contributed by atoms with van der Waals surface area (Å²) in [6.45, 7) is 2.57. The molecule has 0 rings (SSSR count). The number of aliphatic imine (C=N–C) groups is 1. The first-order valence-electron chi connectivity index (χ1n) is 3.17. The molecule has 0 aliphatic rings. The Bertz CT molecular complexity index is 174. The molecule has 0 aromatic rings. The van der Waals surface area contributed by atoms with Gasteiger partial charge >= 0.3 is 0 Å². The van der Waals surface area contributed by atoms with Crippen molar-refractivity contribution in [3.63, 3.8) is 0 Å². The second kappa shape index (κ2) is 6.00. The van der Waals surface area contributed by atoms with E-state index in [0.29, 0.717) is 6.61 Å². The van der Waals surface area contributed by atoms with Crippen LogP contribution < -0.4 is 5.09 Å². The smallest absolute Gasteiger partial charge is 0.210 e. The largest absolute Gasteiger partial charge is 0.327 e. The quantitative estimate of drug-likeness (QED) is 0.428. The third kappa shape index (κ3) is 4.80. The Labute approximate surface area is 76.9 Å². The summed E-state index contributed by atoms with van der Waals surface area (Å²) in [5.74, 6) is 0. The maximum atomic E-state index is 5.37. The minimum atomic E-state index is -1.87. The highest BCUT2D eigenvalue weighted by Crippen LogP contribution is 2.53. The van der Waals surface area contributed by atoms with Gasteiger partial charge in [0.15, 0.2) is 0 Å². The monoisotopic (exact) mass is 212 g/mol. The van der Waals surface area contributed by atoms with Crippen LogP contribution in [0.5, 0.6) is 0 Å². The fraction of sp³-hybridized carbons (Fsp3) is 0.800. The lowest BCUT2D eigenvalue weighted by Gasteiger charge is -2.17. The summed E-state index contributed by atoms with van der Waals surface area (Å²) in [5, 5.41) is 2.97. The van der Waals surface area contributed by atoms with Gasteiger partial charge in [-0.1, -0.05) is 11.4 Å². The van der Waals surface area contributed by atoms with Gasteiger partial charge in [0.1, 0.15) is 0 Å². The van der Waals surface area contributed by atoms with Crippen LogP contribution >= 0.6 is 17.0 Å². The number of hydrogen-bond donors (Lipinski definition) is 1. The van der Waals surface area contributed by atoms with Crippen molar-refractivity contribution in [1.29, 1.82) is 0 Å². The van der Waals surface area contributed by atoms with Crippen molar-refractivity contribution in [1.82, 2.24) is 5.09 Å². The van der Waals surface area contributed by atoms with Crippen LogP contribution in [0.25, 0.3) is 0 Å². The summed E-state index contributed by atoms with van der Waals surface area (Å²) in [6.07, 6.45) is 3.53. The van der Waals surface area contributed by atoms with Crippen molar-refractivity contribution in [3.8, 4) is 0 Å². The number of nitrogens with one attached hydrogen (secondary N) is 1. The Morgan fingerprint density at radius 2 is 2.45 bits per heavy atom. The van der Waals surface area contributed by atoms with E-state index in [4.69, 9.17) is 16.3 Å². The molecular weight excluding hydrogens is 199 g/mol. The molecule has 0 saturated carbocycles. The third-order valence-corrected chi connectivity index (χ3v) is 6.44. The lowest BCUT2D eigenvalue weighted by atomic mass is 10.9. The molecule has 66 valence electrons. The zero-order valence-electron chi connectivity index (χ0n) is 6.90. The molecule has 1 atom stereocenters. The van der Waals surface area contributed by atoms with Crippen LogP contribution in [0.1, 0.15) is 6.92 Å². The van der Waals surface area contributed by atoms with Gasteiger partial charge in [-0.3, -0.25) is 4.99 Å². The number of hydrogen-bond acceptors (Lipinski definition) is 4. The fourth-order valence-corrected chi connectivity index (χ4v) is 2.87. The molecular formula is C5H13N2OPS2. The van der Waals surface area contributed by atoms with E-state index >= 15 is 0 Å². The van der Waals surface area contributed by atoms with Crippen LogP contribution in [0.3, 0.4) is 0 Å². The van der Waals surface area contributed by atoms with E-state index in [1.165, 1.54) is 11.4 Å². The summed E-state index contributed by atoms with van der Waals surface area (Å²) in [6, 6.07) is 0. The second-order valence-electron chi connectivity index (χ2n) is 1.61. The first-order chi connectivity index (χ1) is 5.18. The van der Waals surface area contributed by atoms with Crippen LogP contribution in [0.15, 0.2) is 4.99 Å². The standard InChI is InChI=1S/C5H13N2OPS2/c1-4-8-9(10,11-3)7-5-6-2/h5H,4H2,1-3H3,(H,6,7,10). The van der Waals surface area contributed by atoms with Gasteiger partial charge in [-0.15, -0.1) is 0 Å². The van der Waals surface area contributed by atoms with Crippen LogP contribution in [0, 0.1) is 0 Å². The summed E-state index contributed by atoms with van der Waals surface area (Å²) in [7, 11) is 1.69. The third-order valence-electron chi connectivity index (χ3n) is 0.884. The van der Waals surface area contributed by atoms with Crippen molar-refractivity contribution in [2.75, 3.05) is 19.9 Å². The number of nitrogens with zero attached hydrogens (tertiary/aromatic N) is 1. The molecule has 0 aliphatic carbocycles. The van der Waals surface area contributed by atoms with Gasteiger partial charge in [-0.25, -0.2) is 0 Å². The van der Waals surface area contributed by atoms with Gasteiger partial charge in [0.25, 0.3) is 0 Å². The fourth-order valence-electron chi connectivity index (χ4n) is 0.441. The molecule has 3 nitrogen and oxygen atoms in total. The van der Waals surface area contributed by atoms with Crippen molar-refractivity contribution < 1.29 is 4.52 Å². The van der Waals surface area contributed by atoms with Crippen LogP contribution in [0.4, 0.5) is 0 Å². The molecule has 0 bridgehead atoms. The lowest BCUT2D eigenvalue weighted by Crippen LogP contribution is -2.07. The van der Waals surface area contributed by atoms with Gasteiger partial charge in [0.2, 0.25) is 5.62 Å². The van der Waals surface area contributed by atoms with E-state index in [1.807, 2.05) is 13.2 Å². The highest BCUT2D eigenvalue weighted by Gasteiger charge is 2.12. The Balaban J connectivity index is 3.99. The predicted octanol–water partition coefficient (Wildman–Crippen LogP) is 1.86. The molecule has 0 amide bonds. The normalized spacial score (nSPS) is 16.6. The topological polar surface area (TPSA) is 33.6 Å². The minimum absolute atomic E-state index is 0.642. The average molecular weight is 212 g/mol. The van der Waals surface area contributed by atoms with Crippen molar-refractivity contribution in [2.24, 2.45) is 4.99 Å². The van der Waals surface area contributed by atoms with Gasteiger partial charge in [0, 0.05) is 7.05 Å². The summed E-state index contributed by atoms with van der Waals surface area (Å²) >= 11 is 6.76. The minimum Gasteiger partial charge on any atom is -0.327 e. The molecule has 0 saturated heterocycles. The van der Waals surface area contributed by atoms with Crippen LogP contribution in [-0.4, -0.2) is 26.2 Å². The Kier molecular flexibility index (Phi) is 6.24. The van der Waals surface area contributed by atoms with E-state index in [0.717, 1.165) is 0 Å². The molecule has 1 N–H and O–H groups in total. The zero-order chi connectivity index (χ0) is 8.74. The highest BCUT2D eigenvalue weighted by atomic mass is 32.9. The maximum Gasteiger partial charge on any atom is 0.210 e. The van der Waals surface area contributed by atoms with E-state index in [9.17, 15) is 0 Å². The van der Waals surface area contributed by atoms with Crippen molar-refractivity contribution in [3.05, 3.63) is 0 Å². The molecule has 0 radical (unpaired) electrons. The summed E-state index contributed by atoms with van der Waals surface area (Å²) in [5.41, 5.74) is -1.87. The zero-order valence-corrected chi connectivity index (χ0v) is 9.43. The van der Waals surface area contributed by atoms with Crippen LogP contribution in [0.2, 0.25) is 0 Å². The molecule has 0 aromatic heterocycles.